The van der Waals surface area contributed by atoms with Gasteiger partial charge in [-0.3, -0.25) is 14.9 Å². The zero-order valence-corrected chi connectivity index (χ0v) is 11.2. The minimum Gasteiger partial charge on any atom is -0.349 e. The fourth-order valence-corrected chi connectivity index (χ4v) is 1.51. The van der Waals surface area contributed by atoms with E-state index in [1.165, 1.54) is 18.2 Å². The van der Waals surface area contributed by atoms with Crippen molar-refractivity contribution in [2.45, 2.75) is 26.8 Å². The van der Waals surface area contributed by atoms with E-state index < -0.39 is 4.92 Å². The molecular weight excluding hydrogens is 256 g/mol. The van der Waals surface area contributed by atoms with Gasteiger partial charge in [0.15, 0.2) is 0 Å². The summed E-state index contributed by atoms with van der Waals surface area (Å²) in [7, 11) is 0. The minimum absolute atomic E-state index is 0.00348. The fraction of sp³-hybridized carbons (Fsp3) is 0.417. The van der Waals surface area contributed by atoms with Gasteiger partial charge >= 0.3 is 0 Å². The van der Waals surface area contributed by atoms with Crippen molar-refractivity contribution in [2.75, 3.05) is 0 Å². The Kier molecular flexibility index (Phi) is 4.67. The molecule has 1 rings (SSSR count). The number of amides is 1. The van der Waals surface area contributed by atoms with Crippen molar-refractivity contribution in [1.29, 1.82) is 0 Å². The average molecular weight is 271 g/mol. The van der Waals surface area contributed by atoms with Gasteiger partial charge in [-0.1, -0.05) is 25.4 Å². The van der Waals surface area contributed by atoms with Crippen molar-refractivity contribution < 1.29 is 9.72 Å². The van der Waals surface area contributed by atoms with Crippen molar-refractivity contribution in [3.05, 3.63) is 38.9 Å². The van der Waals surface area contributed by atoms with Gasteiger partial charge in [0.05, 0.1) is 15.5 Å². The summed E-state index contributed by atoms with van der Waals surface area (Å²) in [5.41, 5.74) is 0.114. The fourth-order valence-electron chi connectivity index (χ4n) is 1.25. The molecule has 1 amide bonds. The number of nitro groups is 1. The molecule has 0 aliphatic carbocycles. The van der Waals surface area contributed by atoms with E-state index in [0.29, 0.717) is 5.92 Å². The van der Waals surface area contributed by atoms with Crippen LogP contribution in [0.25, 0.3) is 0 Å². The van der Waals surface area contributed by atoms with Crippen LogP contribution in [0.4, 0.5) is 5.69 Å². The standard InChI is InChI=1S/C12H15ClN2O3/c1-7(2)8(3)14-12(16)10-5-4-9(15(17)18)6-11(10)13/h4-8H,1-3H3,(H,14,16)/t8-/m0/s1. The molecule has 0 bridgehead atoms. The highest BCUT2D eigenvalue weighted by atomic mass is 35.5. The number of halogens is 1. The number of nitro benzene ring substituents is 1. The molecule has 98 valence electrons. The summed E-state index contributed by atoms with van der Waals surface area (Å²) in [6.45, 7) is 5.87. The lowest BCUT2D eigenvalue weighted by Gasteiger charge is -2.17. The zero-order valence-electron chi connectivity index (χ0n) is 10.4. The molecule has 0 saturated heterocycles. The Morgan fingerprint density at radius 2 is 2.00 bits per heavy atom. The summed E-state index contributed by atoms with van der Waals surface area (Å²) >= 11 is 5.87. The van der Waals surface area contributed by atoms with Gasteiger partial charge < -0.3 is 5.32 Å². The molecule has 0 aliphatic heterocycles. The number of hydrogen-bond acceptors (Lipinski definition) is 3. The Morgan fingerprint density at radius 1 is 1.39 bits per heavy atom. The van der Waals surface area contributed by atoms with E-state index in [9.17, 15) is 14.9 Å². The van der Waals surface area contributed by atoms with Crippen molar-refractivity contribution in [3.63, 3.8) is 0 Å². The number of nitrogens with zero attached hydrogens (tertiary/aromatic N) is 1. The summed E-state index contributed by atoms with van der Waals surface area (Å²) in [5.74, 6) is -0.0260. The van der Waals surface area contributed by atoms with E-state index in [2.05, 4.69) is 5.32 Å². The van der Waals surface area contributed by atoms with Crippen molar-refractivity contribution >= 4 is 23.2 Å². The van der Waals surface area contributed by atoms with Gasteiger partial charge in [-0.15, -0.1) is 0 Å². The second-order valence-corrected chi connectivity index (χ2v) is 4.83. The van der Waals surface area contributed by atoms with E-state index in [4.69, 9.17) is 11.6 Å². The van der Waals surface area contributed by atoms with Crippen LogP contribution in [0.3, 0.4) is 0 Å². The first kappa shape index (κ1) is 14.4. The van der Waals surface area contributed by atoms with Gasteiger partial charge in [-0.25, -0.2) is 0 Å². The van der Waals surface area contributed by atoms with Crippen LogP contribution in [-0.4, -0.2) is 16.9 Å². The second kappa shape index (κ2) is 5.82. The third-order valence-corrected chi connectivity index (χ3v) is 3.08. The Balaban J connectivity index is 2.90. The molecule has 0 radical (unpaired) electrons. The molecule has 1 aromatic rings. The molecule has 0 unspecified atom stereocenters. The highest BCUT2D eigenvalue weighted by Crippen LogP contribution is 2.22. The lowest BCUT2D eigenvalue weighted by molar-refractivity contribution is -0.384. The summed E-state index contributed by atoms with van der Waals surface area (Å²) in [6, 6.07) is 3.81. The average Bonchev–Trinajstić information content (AvgIpc) is 2.28. The molecule has 0 spiro atoms. The Morgan fingerprint density at radius 3 is 2.44 bits per heavy atom. The predicted octanol–water partition coefficient (Wildman–Crippen LogP) is 3.02. The number of nitrogens with one attached hydrogen (secondary N) is 1. The maximum Gasteiger partial charge on any atom is 0.270 e. The van der Waals surface area contributed by atoms with Crippen molar-refractivity contribution in [1.82, 2.24) is 5.32 Å². The first-order valence-electron chi connectivity index (χ1n) is 5.57. The largest absolute Gasteiger partial charge is 0.349 e. The van der Waals surface area contributed by atoms with Gasteiger partial charge in [-0.2, -0.15) is 0 Å². The minimum atomic E-state index is -0.551. The second-order valence-electron chi connectivity index (χ2n) is 4.43. The molecular formula is C12H15ClN2O3. The van der Waals surface area contributed by atoms with Gasteiger partial charge in [0.1, 0.15) is 0 Å². The summed E-state index contributed by atoms with van der Waals surface area (Å²) in [4.78, 5) is 21.9. The van der Waals surface area contributed by atoms with Gasteiger partial charge in [0.2, 0.25) is 0 Å². The molecule has 6 heteroatoms. The van der Waals surface area contributed by atoms with Gasteiger partial charge in [0.25, 0.3) is 11.6 Å². The maximum atomic E-state index is 11.9. The summed E-state index contributed by atoms with van der Waals surface area (Å²) < 4.78 is 0. The number of rotatable bonds is 4. The maximum absolute atomic E-state index is 11.9. The van der Waals surface area contributed by atoms with E-state index in [1.54, 1.807) is 0 Å². The third kappa shape index (κ3) is 3.43. The number of hydrogen-bond donors (Lipinski definition) is 1. The molecule has 0 aliphatic rings. The number of carbonyl (C=O) groups excluding carboxylic acids is 1. The van der Waals surface area contributed by atoms with Gasteiger partial charge in [0, 0.05) is 18.2 Å². The third-order valence-electron chi connectivity index (χ3n) is 2.77. The topological polar surface area (TPSA) is 72.2 Å². The molecule has 0 heterocycles. The first-order chi connectivity index (χ1) is 8.32. The number of non-ortho nitro benzene ring substituents is 1. The zero-order chi connectivity index (χ0) is 13.9. The quantitative estimate of drug-likeness (QED) is 0.675. The van der Waals surface area contributed by atoms with E-state index >= 15 is 0 Å². The van der Waals surface area contributed by atoms with E-state index in [1.807, 2.05) is 20.8 Å². The molecule has 18 heavy (non-hydrogen) atoms. The van der Waals surface area contributed by atoms with Gasteiger partial charge in [-0.05, 0) is 18.9 Å². The van der Waals surface area contributed by atoms with Crippen LogP contribution in [0.5, 0.6) is 0 Å². The van der Waals surface area contributed by atoms with Crippen LogP contribution in [0.1, 0.15) is 31.1 Å². The molecule has 1 aromatic carbocycles. The molecule has 0 aromatic heterocycles. The van der Waals surface area contributed by atoms with Crippen molar-refractivity contribution in [2.24, 2.45) is 5.92 Å². The first-order valence-corrected chi connectivity index (χ1v) is 5.95. The number of carbonyl (C=O) groups is 1. The molecule has 5 nitrogen and oxygen atoms in total. The van der Waals surface area contributed by atoms with Crippen LogP contribution in [0, 0.1) is 16.0 Å². The van der Waals surface area contributed by atoms with Crippen LogP contribution >= 0.6 is 11.6 Å². The Bertz CT molecular complexity index is 474. The van der Waals surface area contributed by atoms with Crippen molar-refractivity contribution in [3.8, 4) is 0 Å². The van der Waals surface area contributed by atoms with Crippen LogP contribution in [-0.2, 0) is 0 Å². The summed E-state index contributed by atoms with van der Waals surface area (Å²) in [5, 5.41) is 13.4. The highest BCUT2D eigenvalue weighted by molar-refractivity contribution is 6.34. The normalized spacial score (nSPS) is 12.3. The number of benzene rings is 1. The predicted molar refractivity (Wildman–Crippen MR) is 69.9 cm³/mol. The summed E-state index contributed by atoms with van der Waals surface area (Å²) in [6.07, 6.45) is 0. The molecule has 1 atom stereocenters. The molecule has 0 saturated carbocycles. The lowest BCUT2D eigenvalue weighted by atomic mass is 10.1. The monoisotopic (exact) mass is 270 g/mol. The van der Waals surface area contributed by atoms with Crippen LogP contribution in [0.2, 0.25) is 5.02 Å². The Labute approximate surface area is 110 Å². The Hall–Kier alpha value is -1.62. The van der Waals surface area contributed by atoms with Crippen LogP contribution in [0.15, 0.2) is 18.2 Å². The van der Waals surface area contributed by atoms with E-state index in [0.717, 1.165) is 0 Å². The molecule has 0 fully saturated rings. The SMILES string of the molecule is CC(C)[C@H](C)NC(=O)c1ccc([N+](=O)[O-])cc1Cl. The van der Waals surface area contributed by atoms with Crippen LogP contribution < -0.4 is 5.32 Å². The van der Waals surface area contributed by atoms with E-state index in [-0.39, 0.29) is 28.2 Å². The smallest absolute Gasteiger partial charge is 0.270 e. The molecule has 1 N–H and O–H groups in total. The lowest BCUT2D eigenvalue weighted by Crippen LogP contribution is -2.36. The highest BCUT2D eigenvalue weighted by Gasteiger charge is 2.17.